The van der Waals surface area contributed by atoms with Gasteiger partial charge in [-0.25, -0.2) is 0 Å². The number of aliphatic imine (C=N–C) groups is 1. The highest BCUT2D eigenvalue weighted by Crippen LogP contribution is 2.23. The minimum atomic E-state index is 0. The number of para-hydroxylation sites is 2. The minimum absolute atomic E-state index is 0. The van der Waals surface area contributed by atoms with E-state index in [4.69, 9.17) is 0 Å². The quantitative estimate of drug-likeness (QED) is 0.738. The average molecular weight is 311 g/mol. The van der Waals surface area contributed by atoms with E-state index in [-0.39, 0.29) is 12.4 Å². The maximum Gasteiger partial charge on any atom is 0.0629 e. The molecule has 2 aromatic carbocycles. The second-order valence-corrected chi connectivity index (χ2v) is 5.04. The number of anilines is 1. The van der Waals surface area contributed by atoms with Gasteiger partial charge in [-0.05, 0) is 48.3 Å². The van der Waals surface area contributed by atoms with Crippen LogP contribution in [-0.2, 0) is 0 Å². The predicted octanol–water partition coefficient (Wildman–Crippen LogP) is 5.53. The van der Waals surface area contributed by atoms with E-state index in [1.54, 1.807) is 0 Å². The Labute approximate surface area is 137 Å². The molecule has 0 amide bonds. The van der Waals surface area contributed by atoms with Crippen molar-refractivity contribution in [2.24, 2.45) is 4.99 Å². The van der Waals surface area contributed by atoms with Crippen LogP contribution in [0.4, 0.5) is 11.4 Å². The molecule has 22 heavy (non-hydrogen) atoms. The summed E-state index contributed by atoms with van der Waals surface area (Å²) in [4.78, 5) is 4.50. The summed E-state index contributed by atoms with van der Waals surface area (Å²) in [5.74, 6) is 0. The molecular formula is C19H19ClN2. The first-order valence-corrected chi connectivity index (χ1v) is 7.20. The van der Waals surface area contributed by atoms with Crippen molar-refractivity contribution in [2.75, 3.05) is 5.32 Å². The number of allylic oxidation sites excluding steroid dienone is 3. The predicted molar refractivity (Wildman–Crippen MR) is 97.3 cm³/mol. The molecule has 3 heteroatoms. The van der Waals surface area contributed by atoms with Gasteiger partial charge in [-0.2, -0.15) is 0 Å². The molecule has 2 aromatic rings. The second kappa shape index (κ2) is 8.20. The van der Waals surface area contributed by atoms with Gasteiger partial charge >= 0.3 is 0 Å². The monoisotopic (exact) mass is 310 g/mol. The van der Waals surface area contributed by atoms with Gasteiger partial charge in [0.2, 0.25) is 0 Å². The Kier molecular flexibility index (Phi) is 5.99. The van der Waals surface area contributed by atoms with Gasteiger partial charge in [-0.3, -0.25) is 4.99 Å². The van der Waals surface area contributed by atoms with Gasteiger partial charge in [0.1, 0.15) is 0 Å². The third-order valence-corrected chi connectivity index (χ3v) is 3.41. The van der Waals surface area contributed by atoms with Gasteiger partial charge in [-0.15, -0.1) is 12.4 Å². The fourth-order valence-corrected chi connectivity index (χ4v) is 2.27. The first kappa shape index (κ1) is 16.1. The summed E-state index contributed by atoms with van der Waals surface area (Å²) >= 11 is 0. The number of hydrogen-bond donors (Lipinski definition) is 1. The zero-order chi connectivity index (χ0) is 14.3. The Balaban J connectivity index is 0.00000176. The molecule has 3 rings (SSSR count). The van der Waals surface area contributed by atoms with Crippen molar-refractivity contribution in [1.82, 2.24) is 0 Å². The largest absolute Gasteiger partial charge is 0.361 e. The van der Waals surface area contributed by atoms with Crippen LogP contribution in [0, 0.1) is 0 Å². The molecule has 0 unspecified atom stereocenters. The molecule has 0 atom stereocenters. The second-order valence-electron chi connectivity index (χ2n) is 5.04. The van der Waals surface area contributed by atoms with E-state index in [1.807, 2.05) is 54.7 Å². The van der Waals surface area contributed by atoms with Crippen LogP contribution in [0.3, 0.4) is 0 Å². The SMILES string of the molecule is C(=Nc1ccccc1)C1=CC(=CNc2ccccc2)CC1.Cl. The van der Waals surface area contributed by atoms with Crippen LogP contribution in [-0.4, -0.2) is 6.21 Å². The molecule has 1 aliphatic rings. The van der Waals surface area contributed by atoms with E-state index in [9.17, 15) is 0 Å². The lowest BCUT2D eigenvalue weighted by Crippen LogP contribution is -1.88. The molecule has 1 aliphatic carbocycles. The molecule has 0 saturated heterocycles. The topological polar surface area (TPSA) is 24.4 Å². The Bertz CT molecular complexity index is 673. The van der Waals surface area contributed by atoms with Gasteiger partial charge in [0.15, 0.2) is 0 Å². The lowest BCUT2D eigenvalue weighted by Gasteiger charge is -2.00. The molecule has 1 N–H and O–H groups in total. The maximum absolute atomic E-state index is 4.50. The molecule has 0 heterocycles. The van der Waals surface area contributed by atoms with Crippen molar-refractivity contribution in [3.63, 3.8) is 0 Å². The molecule has 0 fully saturated rings. The molecule has 0 aromatic heterocycles. The number of benzene rings is 2. The Morgan fingerprint density at radius 3 is 2.27 bits per heavy atom. The standard InChI is InChI=1S/C19H18N2.ClH/c1-3-7-18(8-4-1)20-14-16-11-12-17(13-16)15-21-19-9-5-2-6-10-19;/h1-10,13-15,20H,11-12H2;1H. The molecular weight excluding hydrogens is 292 g/mol. The van der Waals surface area contributed by atoms with Crippen LogP contribution >= 0.6 is 12.4 Å². The maximum atomic E-state index is 4.50. The van der Waals surface area contributed by atoms with E-state index in [2.05, 4.69) is 34.7 Å². The van der Waals surface area contributed by atoms with E-state index in [0.717, 1.165) is 24.2 Å². The lowest BCUT2D eigenvalue weighted by atomic mass is 10.2. The highest BCUT2D eigenvalue weighted by molar-refractivity contribution is 5.85. The Morgan fingerprint density at radius 2 is 1.55 bits per heavy atom. The Morgan fingerprint density at radius 1 is 0.864 bits per heavy atom. The van der Waals surface area contributed by atoms with Gasteiger partial charge in [0, 0.05) is 18.1 Å². The van der Waals surface area contributed by atoms with E-state index in [0.29, 0.717) is 0 Å². The molecule has 112 valence electrons. The number of hydrogen-bond acceptors (Lipinski definition) is 2. The van der Waals surface area contributed by atoms with Crippen molar-refractivity contribution in [3.8, 4) is 0 Å². The summed E-state index contributed by atoms with van der Waals surface area (Å²) in [5, 5.41) is 3.33. The third kappa shape index (κ3) is 4.61. The summed E-state index contributed by atoms with van der Waals surface area (Å²) in [6, 6.07) is 20.2. The van der Waals surface area contributed by atoms with Crippen LogP contribution < -0.4 is 5.32 Å². The summed E-state index contributed by atoms with van der Waals surface area (Å²) in [6.07, 6.45) is 8.38. The van der Waals surface area contributed by atoms with E-state index in [1.165, 1.54) is 11.1 Å². The van der Waals surface area contributed by atoms with Crippen LogP contribution in [0.25, 0.3) is 0 Å². The first-order chi connectivity index (χ1) is 10.4. The van der Waals surface area contributed by atoms with Crippen molar-refractivity contribution >= 4 is 30.0 Å². The van der Waals surface area contributed by atoms with Crippen LogP contribution in [0.15, 0.2) is 89.1 Å². The molecule has 0 saturated carbocycles. The van der Waals surface area contributed by atoms with Gasteiger partial charge in [-0.1, -0.05) is 42.5 Å². The summed E-state index contributed by atoms with van der Waals surface area (Å²) < 4.78 is 0. The number of rotatable bonds is 4. The molecule has 0 bridgehead atoms. The van der Waals surface area contributed by atoms with Crippen molar-refractivity contribution < 1.29 is 0 Å². The summed E-state index contributed by atoms with van der Waals surface area (Å²) in [6.45, 7) is 0. The molecule has 0 spiro atoms. The third-order valence-electron chi connectivity index (χ3n) is 3.41. The average Bonchev–Trinajstić information content (AvgIpc) is 3.01. The highest BCUT2D eigenvalue weighted by Gasteiger charge is 2.07. The summed E-state index contributed by atoms with van der Waals surface area (Å²) in [5.41, 5.74) is 4.70. The van der Waals surface area contributed by atoms with Crippen LogP contribution in [0.5, 0.6) is 0 Å². The summed E-state index contributed by atoms with van der Waals surface area (Å²) in [7, 11) is 0. The lowest BCUT2D eigenvalue weighted by molar-refractivity contribution is 1.04. The molecule has 2 nitrogen and oxygen atoms in total. The smallest absolute Gasteiger partial charge is 0.0629 e. The minimum Gasteiger partial charge on any atom is -0.361 e. The first-order valence-electron chi connectivity index (χ1n) is 7.20. The number of nitrogens with zero attached hydrogens (tertiary/aromatic N) is 1. The molecule has 0 aliphatic heterocycles. The highest BCUT2D eigenvalue weighted by atomic mass is 35.5. The van der Waals surface area contributed by atoms with Crippen LogP contribution in [0.1, 0.15) is 12.8 Å². The zero-order valence-electron chi connectivity index (χ0n) is 12.3. The van der Waals surface area contributed by atoms with E-state index >= 15 is 0 Å². The van der Waals surface area contributed by atoms with Crippen molar-refractivity contribution in [1.29, 1.82) is 0 Å². The molecule has 0 radical (unpaired) electrons. The van der Waals surface area contributed by atoms with Crippen molar-refractivity contribution in [2.45, 2.75) is 12.8 Å². The van der Waals surface area contributed by atoms with Crippen LogP contribution in [0.2, 0.25) is 0 Å². The Hall–Kier alpha value is -2.32. The zero-order valence-corrected chi connectivity index (χ0v) is 13.1. The van der Waals surface area contributed by atoms with Gasteiger partial charge in [0.25, 0.3) is 0 Å². The number of halogens is 1. The van der Waals surface area contributed by atoms with Gasteiger partial charge in [0.05, 0.1) is 5.69 Å². The van der Waals surface area contributed by atoms with E-state index < -0.39 is 0 Å². The van der Waals surface area contributed by atoms with Gasteiger partial charge < -0.3 is 5.32 Å². The fraction of sp³-hybridized carbons (Fsp3) is 0.105. The normalized spacial score (nSPS) is 15.6. The van der Waals surface area contributed by atoms with Crippen molar-refractivity contribution in [3.05, 3.63) is 84.1 Å². The fourth-order valence-electron chi connectivity index (χ4n) is 2.27. The number of nitrogens with one attached hydrogen (secondary N) is 1.